The summed E-state index contributed by atoms with van der Waals surface area (Å²) < 4.78 is 45.6. The van der Waals surface area contributed by atoms with Gasteiger partial charge in [0.1, 0.15) is 5.52 Å². The number of benzene rings is 1. The number of rotatable bonds is 3. The molecule has 0 saturated heterocycles. The van der Waals surface area contributed by atoms with Crippen LogP contribution in [0.15, 0.2) is 30.5 Å². The zero-order valence-electron chi connectivity index (χ0n) is 14.7. The minimum Gasteiger partial charge on any atom is -0.465 e. The average Bonchev–Trinajstić information content (AvgIpc) is 3.03. The standard InChI is InChI=1S/C18H13ClF3N3O3/c1-3-12-15-13(7-9(8-23-15)17(27)28-2)25(24-12)16(26)14-10(18(20,21)22)5-4-6-11(14)19/h4-8H,3H2,1-2H3. The summed E-state index contributed by atoms with van der Waals surface area (Å²) >= 11 is 5.92. The molecule has 2 heterocycles. The molecule has 0 aliphatic heterocycles. The molecule has 6 nitrogen and oxygen atoms in total. The molecule has 28 heavy (non-hydrogen) atoms. The first-order valence-corrected chi connectivity index (χ1v) is 8.43. The number of ether oxygens (including phenoxy) is 1. The van der Waals surface area contributed by atoms with E-state index in [1.807, 2.05) is 0 Å². The maximum atomic E-state index is 13.4. The van der Waals surface area contributed by atoms with E-state index < -0.39 is 29.2 Å². The molecule has 0 unspecified atom stereocenters. The number of fused-ring (bicyclic) bond motifs is 1. The topological polar surface area (TPSA) is 74.1 Å². The number of nitrogens with zero attached hydrogens (tertiary/aromatic N) is 3. The highest BCUT2D eigenvalue weighted by Crippen LogP contribution is 2.36. The molecular weight excluding hydrogens is 399 g/mol. The Labute approximate surface area is 161 Å². The van der Waals surface area contributed by atoms with E-state index in [-0.39, 0.29) is 16.1 Å². The van der Waals surface area contributed by atoms with E-state index >= 15 is 0 Å². The molecule has 1 aromatic carbocycles. The van der Waals surface area contributed by atoms with Gasteiger partial charge in [0.15, 0.2) is 0 Å². The van der Waals surface area contributed by atoms with Crippen molar-refractivity contribution in [1.29, 1.82) is 0 Å². The minimum absolute atomic E-state index is 0.0295. The molecule has 0 amide bonds. The fraction of sp³-hybridized carbons (Fsp3) is 0.222. The van der Waals surface area contributed by atoms with Gasteiger partial charge in [0.25, 0.3) is 5.91 Å². The van der Waals surface area contributed by atoms with Crippen LogP contribution in [0.25, 0.3) is 11.0 Å². The lowest BCUT2D eigenvalue weighted by Crippen LogP contribution is -2.20. The smallest absolute Gasteiger partial charge is 0.417 e. The first-order chi connectivity index (χ1) is 13.2. The van der Waals surface area contributed by atoms with Gasteiger partial charge in [-0.05, 0) is 24.6 Å². The summed E-state index contributed by atoms with van der Waals surface area (Å²) in [6.45, 7) is 1.75. The molecule has 3 rings (SSSR count). The SMILES string of the molecule is CCc1nn(C(=O)c2c(Cl)cccc2C(F)(F)F)c2cc(C(=O)OC)cnc12. The zero-order chi connectivity index (χ0) is 20.6. The minimum atomic E-state index is -4.79. The average molecular weight is 412 g/mol. The highest BCUT2D eigenvalue weighted by atomic mass is 35.5. The van der Waals surface area contributed by atoms with Crippen molar-refractivity contribution in [3.63, 3.8) is 0 Å². The third-order valence-corrected chi connectivity index (χ3v) is 4.39. The van der Waals surface area contributed by atoms with Crippen LogP contribution in [0.5, 0.6) is 0 Å². The van der Waals surface area contributed by atoms with Gasteiger partial charge in [-0.25, -0.2) is 4.79 Å². The van der Waals surface area contributed by atoms with Crippen LogP contribution in [0.3, 0.4) is 0 Å². The Morgan fingerprint density at radius 3 is 2.61 bits per heavy atom. The molecule has 0 bridgehead atoms. The Morgan fingerprint density at radius 1 is 1.29 bits per heavy atom. The van der Waals surface area contributed by atoms with Crippen LogP contribution in [-0.4, -0.2) is 33.8 Å². The quantitative estimate of drug-likeness (QED) is 0.605. The van der Waals surface area contributed by atoms with Gasteiger partial charge in [0.05, 0.1) is 40.0 Å². The highest BCUT2D eigenvalue weighted by molar-refractivity contribution is 6.34. The Kier molecular flexibility index (Phi) is 5.12. The lowest BCUT2D eigenvalue weighted by Gasteiger charge is -2.13. The predicted octanol–water partition coefficient (Wildman–Crippen LogP) is 4.14. The first-order valence-electron chi connectivity index (χ1n) is 8.05. The van der Waals surface area contributed by atoms with Crippen molar-refractivity contribution in [3.8, 4) is 0 Å². The number of halogens is 4. The second-order valence-electron chi connectivity index (χ2n) is 5.76. The van der Waals surface area contributed by atoms with Crippen molar-refractivity contribution >= 4 is 34.5 Å². The monoisotopic (exact) mass is 411 g/mol. The second-order valence-corrected chi connectivity index (χ2v) is 6.17. The summed E-state index contributed by atoms with van der Waals surface area (Å²) in [7, 11) is 1.17. The van der Waals surface area contributed by atoms with Crippen molar-refractivity contribution in [3.05, 3.63) is 57.9 Å². The molecule has 0 N–H and O–H groups in total. The Balaban J connectivity index is 2.27. The number of pyridine rings is 1. The summed E-state index contributed by atoms with van der Waals surface area (Å²) in [5, 5.41) is 3.74. The van der Waals surface area contributed by atoms with Gasteiger partial charge in [-0.2, -0.15) is 23.0 Å². The fourth-order valence-corrected chi connectivity index (χ4v) is 3.02. The van der Waals surface area contributed by atoms with Gasteiger partial charge in [0, 0.05) is 6.20 Å². The van der Waals surface area contributed by atoms with E-state index in [4.69, 9.17) is 11.6 Å². The van der Waals surface area contributed by atoms with Gasteiger partial charge in [-0.1, -0.05) is 24.6 Å². The van der Waals surface area contributed by atoms with Crippen molar-refractivity contribution < 1.29 is 27.5 Å². The van der Waals surface area contributed by atoms with Crippen LogP contribution in [0.4, 0.5) is 13.2 Å². The van der Waals surface area contributed by atoms with Gasteiger partial charge in [0.2, 0.25) is 0 Å². The zero-order valence-corrected chi connectivity index (χ0v) is 15.4. The number of hydrogen-bond donors (Lipinski definition) is 0. The van der Waals surface area contributed by atoms with Crippen molar-refractivity contribution in [1.82, 2.24) is 14.8 Å². The maximum absolute atomic E-state index is 13.4. The van der Waals surface area contributed by atoms with Gasteiger partial charge >= 0.3 is 12.1 Å². The Bertz CT molecular complexity index is 1090. The van der Waals surface area contributed by atoms with Gasteiger partial charge in [-0.15, -0.1) is 0 Å². The van der Waals surface area contributed by atoms with Crippen LogP contribution in [0, 0.1) is 0 Å². The highest BCUT2D eigenvalue weighted by Gasteiger charge is 2.37. The van der Waals surface area contributed by atoms with Crippen LogP contribution in [0.1, 0.15) is 38.9 Å². The molecule has 2 aromatic heterocycles. The third kappa shape index (κ3) is 3.33. The molecule has 0 radical (unpaired) electrons. The van der Waals surface area contributed by atoms with E-state index in [0.717, 1.165) is 16.8 Å². The maximum Gasteiger partial charge on any atom is 0.417 e. The van der Waals surface area contributed by atoms with E-state index in [1.54, 1.807) is 6.92 Å². The molecule has 10 heteroatoms. The Hall–Kier alpha value is -2.94. The summed E-state index contributed by atoms with van der Waals surface area (Å²) in [4.78, 5) is 28.9. The number of carbonyl (C=O) groups is 2. The van der Waals surface area contributed by atoms with Crippen molar-refractivity contribution in [2.24, 2.45) is 0 Å². The number of esters is 1. The van der Waals surface area contributed by atoms with Crippen molar-refractivity contribution in [2.45, 2.75) is 19.5 Å². The molecule has 3 aromatic rings. The van der Waals surface area contributed by atoms with Crippen LogP contribution in [-0.2, 0) is 17.3 Å². The largest absolute Gasteiger partial charge is 0.465 e. The fourth-order valence-electron chi connectivity index (χ4n) is 2.76. The first kappa shape index (κ1) is 19.8. The van der Waals surface area contributed by atoms with Crippen molar-refractivity contribution in [2.75, 3.05) is 7.11 Å². The number of methoxy groups -OCH3 is 1. The summed E-state index contributed by atoms with van der Waals surface area (Å²) in [6.07, 6.45) is -3.17. The number of aryl methyl sites for hydroxylation is 1. The third-order valence-electron chi connectivity index (χ3n) is 4.07. The second kappa shape index (κ2) is 7.23. The number of aromatic nitrogens is 3. The molecule has 0 saturated carbocycles. The van der Waals surface area contributed by atoms with E-state index in [1.165, 1.54) is 25.4 Å². The molecular formula is C18H13ClF3N3O3. The molecule has 0 aliphatic carbocycles. The van der Waals surface area contributed by atoms with Crippen LogP contribution >= 0.6 is 11.6 Å². The molecule has 0 aliphatic rings. The molecule has 0 spiro atoms. The van der Waals surface area contributed by atoms with E-state index in [9.17, 15) is 22.8 Å². The summed E-state index contributed by atoms with van der Waals surface area (Å²) in [5.41, 5.74) is -1.11. The lowest BCUT2D eigenvalue weighted by molar-refractivity contribution is -0.137. The van der Waals surface area contributed by atoms with Crippen LogP contribution < -0.4 is 0 Å². The molecule has 0 atom stereocenters. The summed E-state index contributed by atoms with van der Waals surface area (Å²) in [6, 6.07) is 4.36. The van der Waals surface area contributed by atoms with E-state index in [2.05, 4.69) is 14.8 Å². The van der Waals surface area contributed by atoms with Crippen LogP contribution in [0.2, 0.25) is 5.02 Å². The molecule has 146 valence electrons. The predicted molar refractivity (Wildman–Crippen MR) is 94.4 cm³/mol. The number of hydrogen-bond acceptors (Lipinski definition) is 5. The van der Waals surface area contributed by atoms with Gasteiger partial charge < -0.3 is 4.74 Å². The van der Waals surface area contributed by atoms with E-state index in [0.29, 0.717) is 17.6 Å². The Morgan fingerprint density at radius 2 is 2.00 bits per heavy atom. The summed E-state index contributed by atoms with van der Waals surface area (Å²) in [5.74, 6) is -1.78. The normalized spacial score (nSPS) is 11.6. The lowest BCUT2D eigenvalue weighted by atomic mass is 10.1. The number of alkyl halides is 3. The molecule has 0 fully saturated rings. The number of carbonyl (C=O) groups excluding carboxylic acids is 2. The van der Waals surface area contributed by atoms with Gasteiger partial charge in [-0.3, -0.25) is 9.78 Å².